The third kappa shape index (κ3) is 6.52. The van der Waals surface area contributed by atoms with E-state index in [1.807, 2.05) is 27.7 Å². The average Bonchev–Trinajstić information content (AvgIpc) is 3.40. The predicted octanol–water partition coefficient (Wildman–Crippen LogP) is 8.98. The number of esters is 2. The van der Waals surface area contributed by atoms with Gasteiger partial charge in [0.1, 0.15) is 18.0 Å². The number of carbonyl (C=O) groups excluding carboxylic acids is 2. The third-order valence-corrected chi connectivity index (χ3v) is 11.9. The lowest BCUT2D eigenvalue weighted by Gasteiger charge is -2.49. The second kappa shape index (κ2) is 11.3. The molecule has 0 N–H and O–H groups in total. The number of hydrogen-bond donors (Lipinski definition) is 0. The zero-order valence-corrected chi connectivity index (χ0v) is 28.1. The molecule has 0 amide bonds. The van der Waals surface area contributed by atoms with E-state index in [9.17, 15) is 9.59 Å². The first-order chi connectivity index (χ1) is 15.9. The molecular weight excluding hydrogens is 666 g/mol. The van der Waals surface area contributed by atoms with Crippen molar-refractivity contribution in [3.05, 3.63) is 0 Å². The lowest BCUT2D eigenvalue weighted by Crippen LogP contribution is -2.53. The van der Waals surface area contributed by atoms with E-state index < -0.39 is 18.0 Å². The predicted molar refractivity (Wildman–Crippen MR) is 161 cm³/mol. The number of alkyl halides is 2. The molecular formula is C29H50I2O4. The molecule has 2 aliphatic rings. The molecule has 6 heteroatoms. The van der Waals surface area contributed by atoms with E-state index in [1.54, 1.807) is 0 Å². The Balaban J connectivity index is 2.28. The summed E-state index contributed by atoms with van der Waals surface area (Å²) in [5.41, 5.74) is -1.15. The maximum absolute atomic E-state index is 13.3. The molecule has 4 nitrogen and oxygen atoms in total. The largest absolute Gasteiger partial charge is 0.458 e. The summed E-state index contributed by atoms with van der Waals surface area (Å²) < 4.78 is 12.0. The van der Waals surface area contributed by atoms with Crippen molar-refractivity contribution in [2.75, 3.05) is 0 Å². The molecule has 0 saturated heterocycles. The molecule has 0 bridgehead atoms. The number of rotatable bonds is 10. The second-order valence-corrected chi connectivity index (χ2v) is 18.0. The molecule has 0 aromatic carbocycles. The molecule has 2 rings (SSSR count). The lowest BCUT2D eigenvalue weighted by atomic mass is 9.65. The average molecular weight is 717 g/mol. The number of hydrogen-bond acceptors (Lipinski definition) is 4. The fourth-order valence-electron chi connectivity index (χ4n) is 6.17. The van der Waals surface area contributed by atoms with E-state index in [0.29, 0.717) is 5.92 Å². The van der Waals surface area contributed by atoms with Gasteiger partial charge in [0.05, 0.1) is 0 Å². The van der Waals surface area contributed by atoms with Crippen LogP contribution in [-0.2, 0) is 19.1 Å². The molecule has 0 aromatic heterocycles. The Morgan fingerprint density at radius 1 is 0.800 bits per heavy atom. The molecule has 0 spiro atoms. The normalized spacial score (nSPS) is 28.3. The Hall–Kier alpha value is 0.400. The minimum atomic E-state index is -0.504. The van der Waals surface area contributed by atoms with Crippen molar-refractivity contribution < 1.29 is 19.1 Å². The zero-order valence-electron chi connectivity index (χ0n) is 23.7. The first-order valence-electron chi connectivity index (χ1n) is 13.7. The van der Waals surface area contributed by atoms with Gasteiger partial charge in [-0.15, -0.1) is 0 Å². The van der Waals surface area contributed by atoms with E-state index >= 15 is 0 Å². The van der Waals surface area contributed by atoms with Crippen LogP contribution in [0, 0.1) is 16.7 Å². The van der Waals surface area contributed by atoms with Crippen molar-refractivity contribution in [2.45, 2.75) is 151 Å². The van der Waals surface area contributed by atoms with Crippen molar-refractivity contribution in [3.63, 3.8) is 0 Å². The van der Waals surface area contributed by atoms with Gasteiger partial charge in [-0.25, -0.2) is 0 Å². The highest BCUT2D eigenvalue weighted by molar-refractivity contribution is 14.1. The van der Waals surface area contributed by atoms with Crippen molar-refractivity contribution in [1.82, 2.24) is 0 Å². The molecule has 4 unspecified atom stereocenters. The van der Waals surface area contributed by atoms with E-state index in [2.05, 4.69) is 79.8 Å². The summed E-state index contributed by atoms with van der Waals surface area (Å²) in [6.45, 7) is 19.3. The highest BCUT2D eigenvalue weighted by atomic mass is 127. The molecule has 2 fully saturated rings. The summed E-state index contributed by atoms with van der Waals surface area (Å²) in [5.74, 6) is 0.161. The summed E-state index contributed by atoms with van der Waals surface area (Å²) in [6.07, 6.45) is 10.7. The topological polar surface area (TPSA) is 52.6 Å². The maximum Gasteiger partial charge on any atom is 0.322 e. The van der Waals surface area contributed by atoms with Crippen LogP contribution in [-0.4, -0.2) is 30.0 Å². The number of carbonyl (C=O) groups is 2. The smallest absolute Gasteiger partial charge is 0.322 e. The van der Waals surface area contributed by atoms with Gasteiger partial charge < -0.3 is 9.47 Å². The van der Waals surface area contributed by atoms with E-state index in [0.717, 1.165) is 70.6 Å². The molecule has 0 heterocycles. The molecule has 204 valence electrons. The van der Waals surface area contributed by atoms with Gasteiger partial charge in [-0.3, -0.25) is 9.59 Å². The Bertz CT molecular complexity index is 759. The van der Waals surface area contributed by atoms with Crippen LogP contribution in [0.1, 0.15) is 133 Å². The molecule has 35 heavy (non-hydrogen) atoms. The van der Waals surface area contributed by atoms with Crippen LogP contribution in [0.3, 0.4) is 0 Å². The van der Waals surface area contributed by atoms with E-state index in [1.165, 1.54) is 0 Å². The van der Waals surface area contributed by atoms with Crippen LogP contribution in [0.4, 0.5) is 0 Å². The SMILES string of the molecule is CCC(C)(I)C(=O)OC1(C(C)(C)CCC2CCCC2(OC(=O)C(C)(I)CC)C(C)(C)C)CCCC1. The molecule has 2 saturated carbocycles. The van der Waals surface area contributed by atoms with E-state index in [4.69, 9.17) is 9.47 Å². The zero-order chi connectivity index (χ0) is 26.9. The van der Waals surface area contributed by atoms with Crippen LogP contribution in [0.2, 0.25) is 0 Å². The van der Waals surface area contributed by atoms with Crippen molar-refractivity contribution in [1.29, 1.82) is 0 Å². The Morgan fingerprint density at radius 2 is 1.29 bits per heavy atom. The summed E-state index contributed by atoms with van der Waals surface area (Å²) in [7, 11) is 0. The quantitative estimate of drug-likeness (QED) is 0.129. The summed E-state index contributed by atoms with van der Waals surface area (Å²) in [4.78, 5) is 26.4. The Kier molecular flexibility index (Phi) is 10.2. The van der Waals surface area contributed by atoms with E-state index in [-0.39, 0.29) is 22.8 Å². The summed E-state index contributed by atoms with van der Waals surface area (Å²) in [5, 5.41) is 0. The Morgan fingerprint density at radius 3 is 1.74 bits per heavy atom. The van der Waals surface area contributed by atoms with Crippen LogP contribution in [0.25, 0.3) is 0 Å². The molecule has 0 radical (unpaired) electrons. The third-order valence-electron chi connectivity index (χ3n) is 9.53. The summed E-state index contributed by atoms with van der Waals surface area (Å²) in [6, 6.07) is 0. The monoisotopic (exact) mass is 716 g/mol. The summed E-state index contributed by atoms with van der Waals surface area (Å²) >= 11 is 4.50. The van der Waals surface area contributed by atoms with Crippen LogP contribution < -0.4 is 0 Å². The highest BCUT2D eigenvalue weighted by Gasteiger charge is 2.57. The van der Waals surface area contributed by atoms with Crippen molar-refractivity contribution in [3.8, 4) is 0 Å². The van der Waals surface area contributed by atoms with Crippen LogP contribution in [0.15, 0.2) is 0 Å². The van der Waals surface area contributed by atoms with Gasteiger partial charge in [0.15, 0.2) is 0 Å². The number of halogens is 2. The first kappa shape index (κ1) is 31.6. The van der Waals surface area contributed by atoms with Crippen LogP contribution >= 0.6 is 45.2 Å². The van der Waals surface area contributed by atoms with Gasteiger partial charge in [0.25, 0.3) is 0 Å². The Labute approximate surface area is 242 Å². The van der Waals surface area contributed by atoms with Gasteiger partial charge in [-0.05, 0) is 90.4 Å². The van der Waals surface area contributed by atoms with Crippen LogP contribution in [0.5, 0.6) is 0 Å². The standard InChI is InChI=1S/C29H50I2O4/c1-10-26(8,30)22(32)34-28(17-12-13-18-28)25(6,7)20-16-21-15-14-19-29(21,24(3,4)5)35-23(33)27(9,31)11-2/h21H,10-20H2,1-9H3. The van der Waals surface area contributed by atoms with Gasteiger partial charge in [-0.1, -0.05) is 93.6 Å². The first-order valence-corrected chi connectivity index (χ1v) is 15.9. The molecule has 4 atom stereocenters. The molecule has 2 aliphatic carbocycles. The number of ether oxygens (including phenoxy) is 2. The fraction of sp³-hybridized carbons (Fsp3) is 0.931. The fourth-order valence-corrected chi connectivity index (χ4v) is 6.39. The minimum Gasteiger partial charge on any atom is -0.458 e. The van der Waals surface area contributed by atoms with Gasteiger partial charge in [0.2, 0.25) is 0 Å². The minimum absolute atomic E-state index is 0.0738. The second-order valence-electron chi connectivity index (χ2n) is 13.2. The van der Waals surface area contributed by atoms with Crippen molar-refractivity contribution >= 4 is 57.1 Å². The highest BCUT2D eigenvalue weighted by Crippen LogP contribution is 2.56. The lowest BCUT2D eigenvalue weighted by molar-refractivity contribution is -0.187. The van der Waals surface area contributed by atoms with Gasteiger partial charge in [-0.2, -0.15) is 0 Å². The molecule has 0 aliphatic heterocycles. The van der Waals surface area contributed by atoms with Crippen molar-refractivity contribution in [2.24, 2.45) is 16.7 Å². The van der Waals surface area contributed by atoms with Gasteiger partial charge >= 0.3 is 11.9 Å². The molecule has 0 aromatic rings. The van der Waals surface area contributed by atoms with Gasteiger partial charge in [0, 0.05) is 10.8 Å². The maximum atomic E-state index is 13.3.